The van der Waals surface area contributed by atoms with E-state index >= 15 is 0 Å². The van der Waals surface area contributed by atoms with Gasteiger partial charge in [0.1, 0.15) is 5.84 Å². The van der Waals surface area contributed by atoms with E-state index in [1.807, 2.05) is 0 Å². The molecule has 0 rings (SSSR count). The molecule has 0 radical (unpaired) electrons. The number of nitrogens with zero attached hydrogens (tertiary/aromatic N) is 1. The van der Waals surface area contributed by atoms with Crippen LogP contribution in [0.4, 0.5) is 0 Å². The van der Waals surface area contributed by atoms with Crippen molar-refractivity contribution < 1.29 is 5.21 Å². The molecule has 3 N–H and O–H groups in total. The van der Waals surface area contributed by atoms with Crippen LogP contribution in [0.25, 0.3) is 0 Å². The van der Waals surface area contributed by atoms with Gasteiger partial charge in [-0.15, -0.1) is 12.3 Å². The summed E-state index contributed by atoms with van der Waals surface area (Å²) in [6, 6.07) is 0. The van der Waals surface area contributed by atoms with Crippen LogP contribution in [0.2, 0.25) is 0 Å². The monoisotopic (exact) mass is 126 g/mol. The molecule has 0 fully saturated rings. The zero-order valence-electron chi connectivity index (χ0n) is 5.17. The lowest BCUT2D eigenvalue weighted by molar-refractivity contribution is 0.316. The predicted octanol–water partition coefficient (Wildman–Crippen LogP) is 0.536. The Morgan fingerprint density at radius 1 is 1.78 bits per heavy atom. The molecule has 0 aromatic carbocycles. The van der Waals surface area contributed by atoms with E-state index in [1.54, 1.807) is 0 Å². The molecule has 0 saturated carbocycles. The van der Waals surface area contributed by atoms with Crippen LogP contribution in [0.3, 0.4) is 0 Å². The maximum Gasteiger partial charge on any atom is 0.139 e. The van der Waals surface area contributed by atoms with Crippen molar-refractivity contribution in [1.82, 2.24) is 0 Å². The maximum atomic E-state index is 8.05. The first kappa shape index (κ1) is 7.83. The summed E-state index contributed by atoms with van der Waals surface area (Å²) in [4.78, 5) is 0. The Bertz CT molecular complexity index is 134. The molecule has 0 aliphatic carbocycles. The van der Waals surface area contributed by atoms with Gasteiger partial charge in [0.05, 0.1) is 0 Å². The number of terminal acetylenes is 1. The lowest BCUT2D eigenvalue weighted by atomic mass is 10.2. The van der Waals surface area contributed by atoms with Crippen molar-refractivity contribution in [3.05, 3.63) is 0 Å². The zero-order valence-corrected chi connectivity index (χ0v) is 5.17. The molecule has 3 heteroatoms. The normalized spacial score (nSPS) is 10.8. The van der Waals surface area contributed by atoms with Gasteiger partial charge in [-0.3, -0.25) is 0 Å². The average molecular weight is 126 g/mol. The van der Waals surface area contributed by atoms with E-state index < -0.39 is 0 Å². The van der Waals surface area contributed by atoms with E-state index in [4.69, 9.17) is 17.4 Å². The van der Waals surface area contributed by atoms with Gasteiger partial charge >= 0.3 is 0 Å². The van der Waals surface area contributed by atoms with Gasteiger partial charge in [-0.1, -0.05) is 5.16 Å². The molecule has 0 atom stereocenters. The fourth-order valence-electron chi connectivity index (χ4n) is 0.422. The Labute approximate surface area is 54.5 Å². The van der Waals surface area contributed by atoms with Gasteiger partial charge in [0.2, 0.25) is 0 Å². The standard InChI is InChI=1S/C6H10N2O/c1-2-3-4-5-6(7)8-9/h1,9H,3-5H2,(H2,7,8). The van der Waals surface area contributed by atoms with Gasteiger partial charge in [-0.2, -0.15) is 0 Å². The number of unbranched alkanes of at least 4 members (excludes halogenated alkanes) is 1. The second kappa shape index (κ2) is 4.98. The van der Waals surface area contributed by atoms with Crippen LogP contribution >= 0.6 is 0 Å². The molecule has 0 spiro atoms. The molecule has 0 amide bonds. The summed E-state index contributed by atoms with van der Waals surface area (Å²) >= 11 is 0. The molecule has 0 aliphatic rings. The third kappa shape index (κ3) is 4.69. The molecule has 0 aliphatic heterocycles. The van der Waals surface area contributed by atoms with Gasteiger partial charge in [0.25, 0.3) is 0 Å². The van der Waals surface area contributed by atoms with Crippen molar-refractivity contribution in [3.8, 4) is 12.3 Å². The number of oxime groups is 1. The predicted molar refractivity (Wildman–Crippen MR) is 36.1 cm³/mol. The van der Waals surface area contributed by atoms with Crippen molar-refractivity contribution in [2.24, 2.45) is 10.9 Å². The second-order valence-corrected chi connectivity index (χ2v) is 1.65. The van der Waals surface area contributed by atoms with Crippen LogP contribution in [0.1, 0.15) is 19.3 Å². The van der Waals surface area contributed by atoms with E-state index in [1.165, 1.54) is 0 Å². The summed E-state index contributed by atoms with van der Waals surface area (Å²) in [5.41, 5.74) is 5.15. The molecule has 9 heavy (non-hydrogen) atoms. The summed E-state index contributed by atoms with van der Waals surface area (Å²) in [5, 5.41) is 10.8. The average Bonchev–Trinajstić information content (AvgIpc) is 1.89. The largest absolute Gasteiger partial charge is 0.409 e. The highest BCUT2D eigenvalue weighted by Gasteiger charge is 1.89. The molecular weight excluding hydrogens is 116 g/mol. The van der Waals surface area contributed by atoms with Gasteiger partial charge in [0.15, 0.2) is 0 Å². The number of rotatable bonds is 3. The van der Waals surface area contributed by atoms with E-state index in [0.717, 1.165) is 6.42 Å². The minimum Gasteiger partial charge on any atom is -0.409 e. The Morgan fingerprint density at radius 3 is 2.89 bits per heavy atom. The molecule has 3 nitrogen and oxygen atoms in total. The third-order valence-electron chi connectivity index (χ3n) is 0.882. The summed E-state index contributed by atoms with van der Waals surface area (Å²) < 4.78 is 0. The first-order chi connectivity index (χ1) is 4.31. The lowest BCUT2D eigenvalue weighted by Crippen LogP contribution is -2.10. The van der Waals surface area contributed by atoms with E-state index in [0.29, 0.717) is 12.8 Å². The number of hydrogen-bond donors (Lipinski definition) is 2. The van der Waals surface area contributed by atoms with Crippen LogP contribution in [0.5, 0.6) is 0 Å². The van der Waals surface area contributed by atoms with Crippen LogP contribution in [0.15, 0.2) is 5.16 Å². The van der Waals surface area contributed by atoms with Gasteiger partial charge in [-0.05, 0) is 6.42 Å². The first-order valence-corrected chi connectivity index (χ1v) is 2.71. The van der Waals surface area contributed by atoms with E-state index in [-0.39, 0.29) is 5.84 Å². The van der Waals surface area contributed by atoms with Crippen molar-refractivity contribution in [2.75, 3.05) is 0 Å². The Balaban J connectivity index is 3.20. The molecule has 0 aromatic heterocycles. The highest BCUT2D eigenvalue weighted by atomic mass is 16.4. The SMILES string of the molecule is C#CCCCC(N)=NO. The summed E-state index contributed by atoms with van der Waals surface area (Å²) in [7, 11) is 0. The minimum absolute atomic E-state index is 0.241. The highest BCUT2D eigenvalue weighted by molar-refractivity contribution is 5.79. The Hall–Kier alpha value is -1.17. The molecule has 0 aromatic rings. The van der Waals surface area contributed by atoms with E-state index in [2.05, 4.69) is 11.1 Å². The van der Waals surface area contributed by atoms with Crippen molar-refractivity contribution in [1.29, 1.82) is 0 Å². The molecule has 0 unspecified atom stereocenters. The van der Waals surface area contributed by atoms with Crippen molar-refractivity contribution in [2.45, 2.75) is 19.3 Å². The van der Waals surface area contributed by atoms with Crippen molar-refractivity contribution in [3.63, 3.8) is 0 Å². The smallest absolute Gasteiger partial charge is 0.139 e. The fraction of sp³-hybridized carbons (Fsp3) is 0.500. The van der Waals surface area contributed by atoms with Gasteiger partial charge in [-0.25, -0.2) is 0 Å². The quantitative estimate of drug-likeness (QED) is 0.145. The van der Waals surface area contributed by atoms with Crippen LogP contribution < -0.4 is 5.73 Å². The third-order valence-corrected chi connectivity index (χ3v) is 0.882. The molecular formula is C6H10N2O. The van der Waals surface area contributed by atoms with E-state index in [9.17, 15) is 0 Å². The lowest BCUT2D eigenvalue weighted by Gasteiger charge is -1.91. The molecule has 0 bridgehead atoms. The first-order valence-electron chi connectivity index (χ1n) is 2.71. The second-order valence-electron chi connectivity index (χ2n) is 1.65. The van der Waals surface area contributed by atoms with Gasteiger partial charge in [0, 0.05) is 12.8 Å². The number of amidine groups is 1. The molecule has 0 saturated heterocycles. The summed E-state index contributed by atoms with van der Waals surface area (Å²) in [6.07, 6.45) is 6.99. The molecule has 0 heterocycles. The topological polar surface area (TPSA) is 58.6 Å². The Kier molecular flexibility index (Phi) is 4.33. The maximum absolute atomic E-state index is 8.05. The van der Waals surface area contributed by atoms with Crippen LogP contribution in [-0.2, 0) is 0 Å². The fourth-order valence-corrected chi connectivity index (χ4v) is 0.422. The number of hydrogen-bond acceptors (Lipinski definition) is 2. The van der Waals surface area contributed by atoms with Crippen LogP contribution in [-0.4, -0.2) is 11.0 Å². The van der Waals surface area contributed by atoms with Crippen LogP contribution in [0, 0.1) is 12.3 Å². The summed E-state index contributed by atoms with van der Waals surface area (Å²) in [6.45, 7) is 0. The highest BCUT2D eigenvalue weighted by Crippen LogP contribution is 1.91. The molecule has 50 valence electrons. The van der Waals surface area contributed by atoms with Crippen molar-refractivity contribution >= 4 is 5.84 Å². The Morgan fingerprint density at radius 2 is 2.44 bits per heavy atom. The minimum atomic E-state index is 0.241. The van der Waals surface area contributed by atoms with Gasteiger partial charge < -0.3 is 10.9 Å². The zero-order chi connectivity index (χ0) is 7.11. The number of nitrogens with two attached hydrogens (primary N) is 1. The summed E-state index contributed by atoms with van der Waals surface area (Å²) in [5.74, 6) is 2.70.